The van der Waals surface area contributed by atoms with E-state index in [2.05, 4.69) is 4.98 Å². The molecule has 1 rings (SSSR count). The van der Waals surface area contributed by atoms with Gasteiger partial charge in [0, 0.05) is 6.20 Å². The van der Waals surface area contributed by atoms with Crippen molar-refractivity contribution < 1.29 is 0 Å². The molecule has 3 nitrogen and oxygen atoms in total. The Kier molecular flexibility index (Phi) is 2.06. The minimum absolute atomic E-state index is 0.0755. The molecular formula is C7H2ClN3. The summed E-state index contributed by atoms with van der Waals surface area (Å²) in [6.45, 7) is 0. The standard InChI is InChI=1S/C7H2ClN3/c8-7-6(4-10)5(3-9)1-2-11-7/h1-2H. The highest BCUT2D eigenvalue weighted by atomic mass is 35.5. The maximum absolute atomic E-state index is 8.50. The van der Waals surface area contributed by atoms with Crippen LogP contribution in [0, 0.1) is 22.7 Å². The molecular weight excluding hydrogens is 162 g/mol. The number of rotatable bonds is 0. The molecule has 0 amide bonds. The first-order valence-corrected chi connectivity index (χ1v) is 3.12. The second-order valence-corrected chi connectivity index (χ2v) is 2.11. The summed E-state index contributed by atoms with van der Waals surface area (Å²) in [4.78, 5) is 3.65. The first-order valence-electron chi connectivity index (χ1n) is 2.74. The topological polar surface area (TPSA) is 60.5 Å². The molecule has 1 aromatic rings. The van der Waals surface area contributed by atoms with E-state index in [-0.39, 0.29) is 16.3 Å². The summed E-state index contributed by atoms with van der Waals surface area (Å²) in [7, 11) is 0. The Morgan fingerprint density at radius 1 is 1.36 bits per heavy atom. The average molecular weight is 164 g/mol. The summed E-state index contributed by atoms with van der Waals surface area (Å²) in [5.74, 6) is 0. The first-order chi connectivity index (χ1) is 5.29. The van der Waals surface area contributed by atoms with Gasteiger partial charge in [-0.3, -0.25) is 0 Å². The predicted octanol–water partition coefficient (Wildman–Crippen LogP) is 1.48. The van der Waals surface area contributed by atoms with Crippen LogP contribution in [0.4, 0.5) is 0 Å². The Morgan fingerprint density at radius 2 is 2.09 bits per heavy atom. The number of aromatic nitrogens is 1. The lowest BCUT2D eigenvalue weighted by atomic mass is 10.2. The number of nitrogens with zero attached hydrogens (tertiary/aromatic N) is 3. The van der Waals surface area contributed by atoms with Crippen molar-refractivity contribution in [2.75, 3.05) is 0 Å². The van der Waals surface area contributed by atoms with Gasteiger partial charge < -0.3 is 0 Å². The second-order valence-electron chi connectivity index (χ2n) is 1.75. The highest BCUT2D eigenvalue weighted by molar-refractivity contribution is 6.30. The van der Waals surface area contributed by atoms with Gasteiger partial charge in [0.15, 0.2) is 0 Å². The normalized spacial score (nSPS) is 8.27. The van der Waals surface area contributed by atoms with Gasteiger partial charge in [-0.25, -0.2) is 4.98 Å². The number of hydrogen-bond donors (Lipinski definition) is 0. The fourth-order valence-corrected chi connectivity index (χ4v) is 0.836. The lowest BCUT2D eigenvalue weighted by molar-refractivity contribution is 1.28. The molecule has 0 fully saturated rings. The van der Waals surface area contributed by atoms with E-state index >= 15 is 0 Å². The Labute approximate surface area is 68.5 Å². The zero-order chi connectivity index (χ0) is 8.27. The SMILES string of the molecule is N#Cc1ccnc(Cl)c1C#N. The zero-order valence-electron chi connectivity index (χ0n) is 5.37. The first kappa shape index (κ1) is 7.53. The molecule has 0 spiro atoms. The van der Waals surface area contributed by atoms with Gasteiger partial charge in [-0.05, 0) is 6.07 Å². The molecule has 1 aromatic heterocycles. The summed E-state index contributed by atoms with van der Waals surface area (Å²) in [6.07, 6.45) is 1.39. The van der Waals surface area contributed by atoms with Gasteiger partial charge in [0.2, 0.25) is 0 Å². The monoisotopic (exact) mass is 163 g/mol. The summed E-state index contributed by atoms with van der Waals surface area (Å²) >= 11 is 5.52. The summed E-state index contributed by atoms with van der Waals surface area (Å²) in [5, 5.41) is 17.1. The Bertz CT molecular complexity index is 359. The van der Waals surface area contributed by atoms with E-state index in [9.17, 15) is 0 Å². The quantitative estimate of drug-likeness (QED) is 0.545. The van der Waals surface area contributed by atoms with E-state index in [1.165, 1.54) is 12.3 Å². The average Bonchev–Trinajstić information content (AvgIpc) is 2.04. The molecule has 0 N–H and O–H groups in total. The van der Waals surface area contributed by atoms with E-state index < -0.39 is 0 Å². The third-order valence-corrected chi connectivity index (χ3v) is 1.42. The molecule has 0 bridgehead atoms. The number of hydrogen-bond acceptors (Lipinski definition) is 3. The van der Waals surface area contributed by atoms with E-state index in [0.29, 0.717) is 0 Å². The largest absolute Gasteiger partial charge is 0.243 e. The van der Waals surface area contributed by atoms with Gasteiger partial charge >= 0.3 is 0 Å². The van der Waals surface area contributed by atoms with Gasteiger partial charge in [0.1, 0.15) is 22.9 Å². The van der Waals surface area contributed by atoms with Crippen LogP contribution in [0.2, 0.25) is 5.15 Å². The highest BCUT2D eigenvalue weighted by Crippen LogP contribution is 2.14. The third kappa shape index (κ3) is 1.29. The van der Waals surface area contributed by atoms with Crippen molar-refractivity contribution in [1.82, 2.24) is 4.98 Å². The van der Waals surface area contributed by atoms with Gasteiger partial charge in [-0.15, -0.1) is 0 Å². The second kappa shape index (κ2) is 3.01. The van der Waals surface area contributed by atoms with Crippen molar-refractivity contribution in [3.63, 3.8) is 0 Å². The lowest BCUT2D eigenvalue weighted by Gasteiger charge is -1.93. The van der Waals surface area contributed by atoms with Crippen molar-refractivity contribution in [3.8, 4) is 12.1 Å². The van der Waals surface area contributed by atoms with Crippen molar-refractivity contribution in [1.29, 1.82) is 10.5 Å². The Morgan fingerprint density at radius 3 is 2.55 bits per heavy atom. The van der Waals surface area contributed by atoms with Crippen molar-refractivity contribution in [2.45, 2.75) is 0 Å². The van der Waals surface area contributed by atoms with Crippen LogP contribution in [0.3, 0.4) is 0 Å². The number of nitriles is 2. The van der Waals surface area contributed by atoms with Crippen LogP contribution in [0.1, 0.15) is 11.1 Å². The summed E-state index contributed by atoms with van der Waals surface area (Å²) < 4.78 is 0. The highest BCUT2D eigenvalue weighted by Gasteiger charge is 2.05. The van der Waals surface area contributed by atoms with Crippen LogP contribution in [-0.2, 0) is 0 Å². The molecule has 0 atom stereocenters. The molecule has 0 saturated heterocycles. The molecule has 52 valence electrons. The smallest absolute Gasteiger partial charge is 0.148 e. The van der Waals surface area contributed by atoms with Crippen LogP contribution in [0.25, 0.3) is 0 Å². The van der Waals surface area contributed by atoms with Gasteiger partial charge in [-0.1, -0.05) is 11.6 Å². The van der Waals surface area contributed by atoms with E-state index in [4.69, 9.17) is 22.1 Å². The zero-order valence-corrected chi connectivity index (χ0v) is 6.13. The van der Waals surface area contributed by atoms with E-state index in [1.807, 2.05) is 6.07 Å². The van der Waals surface area contributed by atoms with Gasteiger partial charge in [-0.2, -0.15) is 10.5 Å². The van der Waals surface area contributed by atoms with Gasteiger partial charge in [0.25, 0.3) is 0 Å². The van der Waals surface area contributed by atoms with Crippen LogP contribution in [0.15, 0.2) is 12.3 Å². The molecule has 1 heterocycles. The summed E-state index contributed by atoms with van der Waals surface area (Å²) in [5.41, 5.74) is 0.393. The predicted molar refractivity (Wildman–Crippen MR) is 38.7 cm³/mol. The number of pyridine rings is 1. The maximum Gasteiger partial charge on any atom is 0.148 e. The van der Waals surface area contributed by atoms with E-state index in [0.717, 1.165) is 0 Å². The molecule has 0 aliphatic carbocycles. The minimum Gasteiger partial charge on any atom is -0.243 e. The summed E-state index contributed by atoms with van der Waals surface area (Å²) in [6, 6.07) is 5.09. The minimum atomic E-state index is 0.0755. The van der Waals surface area contributed by atoms with Crippen LogP contribution >= 0.6 is 11.6 Å². The molecule has 11 heavy (non-hydrogen) atoms. The van der Waals surface area contributed by atoms with Crippen LogP contribution in [0.5, 0.6) is 0 Å². The molecule has 4 heteroatoms. The molecule has 0 saturated carbocycles. The van der Waals surface area contributed by atoms with Crippen molar-refractivity contribution in [3.05, 3.63) is 28.5 Å². The van der Waals surface area contributed by atoms with Crippen LogP contribution in [-0.4, -0.2) is 4.98 Å². The third-order valence-electron chi connectivity index (χ3n) is 1.14. The lowest BCUT2D eigenvalue weighted by Crippen LogP contribution is -1.86. The van der Waals surface area contributed by atoms with Crippen molar-refractivity contribution in [2.24, 2.45) is 0 Å². The Balaban J connectivity index is 3.42. The molecule has 0 aliphatic heterocycles. The fourth-order valence-electron chi connectivity index (χ4n) is 0.636. The maximum atomic E-state index is 8.50. The molecule has 0 radical (unpaired) electrons. The Hall–Kier alpha value is -1.58. The molecule has 0 unspecified atom stereocenters. The molecule has 0 aliphatic rings. The fraction of sp³-hybridized carbons (Fsp3) is 0. The molecule has 0 aromatic carbocycles. The van der Waals surface area contributed by atoms with Crippen LogP contribution < -0.4 is 0 Å². The number of halogens is 1. The van der Waals surface area contributed by atoms with Gasteiger partial charge in [0.05, 0.1) is 5.56 Å². The van der Waals surface area contributed by atoms with E-state index in [1.54, 1.807) is 6.07 Å². The van der Waals surface area contributed by atoms with Crippen molar-refractivity contribution >= 4 is 11.6 Å².